The van der Waals surface area contributed by atoms with E-state index in [9.17, 15) is 8.42 Å². The summed E-state index contributed by atoms with van der Waals surface area (Å²) in [6.45, 7) is 7.32. The van der Waals surface area contributed by atoms with E-state index in [1.807, 2.05) is 6.92 Å². The molecule has 1 aliphatic rings. The van der Waals surface area contributed by atoms with E-state index in [2.05, 4.69) is 9.82 Å². The summed E-state index contributed by atoms with van der Waals surface area (Å²) >= 11 is 0. The third kappa shape index (κ3) is 3.45. The van der Waals surface area contributed by atoms with E-state index >= 15 is 0 Å². The van der Waals surface area contributed by atoms with Gasteiger partial charge in [-0.25, -0.2) is 13.1 Å². The topological polar surface area (TPSA) is 99.2 Å². The molecule has 3 N–H and O–H groups in total. The quantitative estimate of drug-likeness (QED) is 0.814. The van der Waals surface area contributed by atoms with Crippen molar-refractivity contribution in [2.75, 3.05) is 19.8 Å². The first kappa shape index (κ1) is 16.4. The molecule has 1 aliphatic heterocycles. The molecular weight excluding hydrogens is 292 g/mol. The number of nitrogens with one attached hydrogen (secondary N) is 1. The van der Waals surface area contributed by atoms with Crippen LogP contribution in [0.1, 0.15) is 31.2 Å². The first-order chi connectivity index (χ1) is 9.79. The Balaban J connectivity index is 2.31. The SMILES string of the molecule is Cc1nn(CCN)c(C)c1S(=O)(=O)NC1(C)CCCOC1. The van der Waals surface area contributed by atoms with Gasteiger partial charge in [0.05, 0.1) is 30.1 Å². The van der Waals surface area contributed by atoms with Gasteiger partial charge >= 0.3 is 0 Å². The van der Waals surface area contributed by atoms with Gasteiger partial charge in [0.1, 0.15) is 4.90 Å². The van der Waals surface area contributed by atoms with Gasteiger partial charge in [0.25, 0.3) is 0 Å². The smallest absolute Gasteiger partial charge is 0.244 e. The highest BCUT2D eigenvalue weighted by molar-refractivity contribution is 7.89. The van der Waals surface area contributed by atoms with E-state index in [0.717, 1.165) is 12.8 Å². The summed E-state index contributed by atoms with van der Waals surface area (Å²) in [5.74, 6) is 0. The van der Waals surface area contributed by atoms with Crippen molar-refractivity contribution in [3.63, 3.8) is 0 Å². The molecule has 0 aliphatic carbocycles. The van der Waals surface area contributed by atoms with Crippen molar-refractivity contribution in [2.24, 2.45) is 5.73 Å². The fraction of sp³-hybridized carbons (Fsp3) is 0.769. The molecule has 0 saturated carbocycles. The molecule has 0 radical (unpaired) electrons. The third-order valence-electron chi connectivity index (χ3n) is 3.74. The number of nitrogens with zero attached hydrogens (tertiary/aromatic N) is 2. The van der Waals surface area contributed by atoms with Crippen LogP contribution in [-0.4, -0.2) is 43.5 Å². The monoisotopic (exact) mass is 316 g/mol. The van der Waals surface area contributed by atoms with Crippen LogP contribution in [0.15, 0.2) is 4.90 Å². The summed E-state index contributed by atoms with van der Waals surface area (Å²) in [7, 11) is -3.63. The minimum atomic E-state index is -3.63. The summed E-state index contributed by atoms with van der Waals surface area (Å²) in [6, 6.07) is 0. The zero-order valence-corrected chi connectivity index (χ0v) is 13.7. The number of rotatable bonds is 5. The lowest BCUT2D eigenvalue weighted by Gasteiger charge is -2.33. The lowest BCUT2D eigenvalue weighted by Crippen LogP contribution is -2.51. The minimum absolute atomic E-state index is 0.253. The number of hydrogen-bond acceptors (Lipinski definition) is 5. The predicted octanol–water partition coefficient (Wildman–Crippen LogP) is 0.306. The Morgan fingerprint density at radius 2 is 2.19 bits per heavy atom. The molecule has 7 nitrogen and oxygen atoms in total. The summed E-state index contributed by atoms with van der Waals surface area (Å²) < 4.78 is 35.3. The van der Waals surface area contributed by atoms with Gasteiger partial charge in [-0.3, -0.25) is 4.68 Å². The van der Waals surface area contributed by atoms with Crippen molar-refractivity contribution in [1.29, 1.82) is 0 Å². The van der Waals surface area contributed by atoms with Gasteiger partial charge in [-0.15, -0.1) is 0 Å². The molecule has 2 rings (SSSR count). The standard InChI is InChI=1S/C13H24N4O3S/c1-10-12(11(2)17(15-10)7-6-14)21(18,19)16-13(3)5-4-8-20-9-13/h16H,4-9,14H2,1-3H3. The Bertz CT molecular complexity index is 603. The maximum atomic E-state index is 12.7. The van der Waals surface area contributed by atoms with Crippen LogP contribution in [0.4, 0.5) is 0 Å². The van der Waals surface area contributed by atoms with Crippen molar-refractivity contribution in [1.82, 2.24) is 14.5 Å². The molecule has 1 aromatic heterocycles. The number of ether oxygens (including phenoxy) is 1. The van der Waals surface area contributed by atoms with Crippen LogP contribution >= 0.6 is 0 Å². The lowest BCUT2D eigenvalue weighted by atomic mass is 9.97. The first-order valence-corrected chi connectivity index (χ1v) is 8.63. The van der Waals surface area contributed by atoms with Crippen molar-refractivity contribution in [3.05, 3.63) is 11.4 Å². The van der Waals surface area contributed by atoms with Gasteiger partial charge in [-0.05, 0) is 33.6 Å². The Morgan fingerprint density at radius 1 is 1.48 bits per heavy atom. The van der Waals surface area contributed by atoms with Crippen LogP contribution in [0, 0.1) is 13.8 Å². The number of aromatic nitrogens is 2. The molecule has 0 aromatic carbocycles. The molecule has 0 bridgehead atoms. The number of hydrogen-bond donors (Lipinski definition) is 2. The van der Waals surface area contributed by atoms with Gasteiger partial charge in [-0.1, -0.05) is 0 Å². The zero-order valence-electron chi connectivity index (χ0n) is 12.8. The Kier molecular flexibility index (Phi) is 4.72. The third-order valence-corrected chi connectivity index (χ3v) is 5.63. The van der Waals surface area contributed by atoms with Crippen LogP contribution in [-0.2, 0) is 21.3 Å². The molecule has 1 fully saturated rings. The van der Waals surface area contributed by atoms with Gasteiger partial charge in [0, 0.05) is 13.2 Å². The van der Waals surface area contributed by atoms with Gasteiger partial charge < -0.3 is 10.5 Å². The average Bonchev–Trinajstić information content (AvgIpc) is 2.65. The molecule has 8 heteroatoms. The second kappa shape index (κ2) is 6.04. The van der Waals surface area contributed by atoms with E-state index in [4.69, 9.17) is 10.5 Å². The van der Waals surface area contributed by atoms with Crippen molar-refractivity contribution in [3.8, 4) is 0 Å². The molecular formula is C13H24N4O3S. The number of aryl methyl sites for hydroxylation is 1. The van der Waals surface area contributed by atoms with Gasteiger partial charge in [0.15, 0.2) is 0 Å². The maximum Gasteiger partial charge on any atom is 0.244 e. The first-order valence-electron chi connectivity index (χ1n) is 7.15. The normalized spacial score (nSPS) is 23.4. The molecule has 21 heavy (non-hydrogen) atoms. The molecule has 0 amide bonds. The largest absolute Gasteiger partial charge is 0.380 e. The zero-order chi connectivity index (χ0) is 15.7. The van der Waals surface area contributed by atoms with Crippen molar-refractivity contribution < 1.29 is 13.2 Å². The summed E-state index contributed by atoms with van der Waals surface area (Å²) in [6.07, 6.45) is 1.62. The predicted molar refractivity (Wildman–Crippen MR) is 79.5 cm³/mol. The summed E-state index contributed by atoms with van der Waals surface area (Å²) in [5.41, 5.74) is 6.07. The molecule has 1 atom stereocenters. The molecule has 120 valence electrons. The van der Waals surface area contributed by atoms with E-state index in [0.29, 0.717) is 37.7 Å². The molecule has 1 unspecified atom stereocenters. The van der Waals surface area contributed by atoms with E-state index in [1.54, 1.807) is 18.5 Å². The maximum absolute atomic E-state index is 12.7. The minimum Gasteiger partial charge on any atom is -0.380 e. The Morgan fingerprint density at radius 3 is 2.76 bits per heavy atom. The lowest BCUT2D eigenvalue weighted by molar-refractivity contribution is 0.0386. The highest BCUT2D eigenvalue weighted by atomic mass is 32.2. The van der Waals surface area contributed by atoms with Gasteiger partial charge in [-0.2, -0.15) is 5.10 Å². The van der Waals surface area contributed by atoms with Crippen LogP contribution in [0.5, 0.6) is 0 Å². The number of sulfonamides is 1. The van der Waals surface area contributed by atoms with E-state index in [-0.39, 0.29) is 4.90 Å². The highest BCUT2D eigenvalue weighted by Gasteiger charge is 2.35. The molecule has 2 heterocycles. The fourth-order valence-electron chi connectivity index (χ4n) is 2.80. The molecule has 1 aromatic rings. The Hall–Kier alpha value is -0.960. The van der Waals surface area contributed by atoms with Crippen LogP contribution in [0.25, 0.3) is 0 Å². The van der Waals surface area contributed by atoms with Gasteiger partial charge in [0.2, 0.25) is 10.0 Å². The summed E-state index contributed by atoms with van der Waals surface area (Å²) in [4.78, 5) is 0.253. The second-order valence-corrected chi connectivity index (χ2v) is 7.45. The van der Waals surface area contributed by atoms with Crippen LogP contribution in [0.3, 0.4) is 0 Å². The Labute approximate surface area is 125 Å². The molecule has 1 saturated heterocycles. The summed E-state index contributed by atoms with van der Waals surface area (Å²) in [5, 5.41) is 4.27. The van der Waals surface area contributed by atoms with E-state index in [1.165, 1.54) is 0 Å². The second-order valence-electron chi connectivity index (χ2n) is 5.83. The van der Waals surface area contributed by atoms with Crippen LogP contribution < -0.4 is 10.5 Å². The fourth-order valence-corrected chi connectivity index (χ4v) is 4.64. The van der Waals surface area contributed by atoms with Crippen molar-refractivity contribution >= 4 is 10.0 Å². The molecule has 0 spiro atoms. The van der Waals surface area contributed by atoms with Crippen LogP contribution in [0.2, 0.25) is 0 Å². The highest BCUT2D eigenvalue weighted by Crippen LogP contribution is 2.25. The van der Waals surface area contributed by atoms with E-state index < -0.39 is 15.6 Å². The van der Waals surface area contributed by atoms with Crippen molar-refractivity contribution in [2.45, 2.75) is 50.6 Å². The number of nitrogens with two attached hydrogens (primary N) is 1. The average molecular weight is 316 g/mol.